The van der Waals surface area contributed by atoms with Crippen molar-refractivity contribution < 1.29 is 19.1 Å². The number of benzene rings is 1. The van der Waals surface area contributed by atoms with Crippen LogP contribution in [0.15, 0.2) is 24.3 Å². The van der Waals surface area contributed by atoms with E-state index in [4.69, 9.17) is 9.47 Å². The first-order valence-corrected chi connectivity index (χ1v) is 8.24. The molecule has 2 bridgehead atoms. The van der Waals surface area contributed by atoms with Crippen LogP contribution in [0.3, 0.4) is 0 Å². The third kappa shape index (κ3) is 2.44. The fourth-order valence-electron chi connectivity index (χ4n) is 4.38. The Bertz CT molecular complexity index is 649. The van der Waals surface area contributed by atoms with Gasteiger partial charge < -0.3 is 9.47 Å². The molecule has 0 spiro atoms. The molecule has 0 aliphatic heterocycles. The average Bonchev–Trinajstić information content (AvgIpc) is 2.80. The van der Waals surface area contributed by atoms with Crippen molar-refractivity contribution in [1.82, 2.24) is 0 Å². The van der Waals surface area contributed by atoms with Crippen molar-refractivity contribution in [2.45, 2.75) is 53.1 Å². The lowest BCUT2D eigenvalue weighted by molar-refractivity contribution is -0.131. The molecule has 2 saturated carbocycles. The van der Waals surface area contributed by atoms with Crippen LogP contribution < -0.4 is 4.74 Å². The third-order valence-corrected chi connectivity index (χ3v) is 6.32. The highest BCUT2D eigenvalue weighted by Crippen LogP contribution is 2.66. The first-order chi connectivity index (χ1) is 10.8. The monoisotopic (exact) mass is 316 g/mol. The third-order valence-electron chi connectivity index (χ3n) is 6.32. The van der Waals surface area contributed by atoms with Crippen LogP contribution in [0.25, 0.3) is 0 Å². The number of hydrogen-bond donors (Lipinski definition) is 0. The fourth-order valence-corrected chi connectivity index (χ4v) is 4.38. The first-order valence-electron chi connectivity index (χ1n) is 8.24. The highest BCUT2D eigenvalue weighted by molar-refractivity contribution is 5.93. The number of rotatable bonds is 3. The van der Waals surface area contributed by atoms with Gasteiger partial charge in [0.15, 0.2) is 0 Å². The Morgan fingerprint density at radius 2 is 1.87 bits per heavy atom. The minimum Gasteiger partial charge on any atom is -0.458 e. The van der Waals surface area contributed by atoms with Gasteiger partial charge in [0, 0.05) is 12.3 Å². The van der Waals surface area contributed by atoms with E-state index in [1.165, 1.54) is 13.3 Å². The van der Waals surface area contributed by atoms with E-state index in [1.54, 1.807) is 24.3 Å². The highest BCUT2D eigenvalue weighted by atomic mass is 16.6. The summed E-state index contributed by atoms with van der Waals surface area (Å²) in [5.41, 5.74) is 0.517. The lowest BCUT2D eigenvalue weighted by Gasteiger charge is -2.38. The molecule has 3 atom stereocenters. The molecule has 2 aliphatic rings. The molecule has 0 radical (unpaired) electrons. The number of esters is 2. The van der Waals surface area contributed by atoms with E-state index in [-0.39, 0.29) is 22.7 Å². The van der Waals surface area contributed by atoms with E-state index in [9.17, 15) is 9.59 Å². The Balaban J connectivity index is 1.80. The Hall–Kier alpha value is -1.84. The Labute approximate surface area is 137 Å². The second kappa shape index (κ2) is 5.36. The normalized spacial score (nSPS) is 31.0. The summed E-state index contributed by atoms with van der Waals surface area (Å²) in [6.45, 7) is 8.12. The maximum absolute atomic E-state index is 12.6. The largest absolute Gasteiger partial charge is 0.458 e. The summed E-state index contributed by atoms with van der Waals surface area (Å²) in [7, 11) is 0. The van der Waals surface area contributed by atoms with Gasteiger partial charge in [-0.2, -0.15) is 0 Å². The molecule has 1 aromatic rings. The van der Waals surface area contributed by atoms with Crippen molar-refractivity contribution in [1.29, 1.82) is 0 Å². The van der Waals surface area contributed by atoms with Crippen LogP contribution in [0.4, 0.5) is 0 Å². The van der Waals surface area contributed by atoms with Gasteiger partial charge in [-0.05, 0) is 42.7 Å². The van der Waals surface area contributed by atoms with Crippen LogP contribution in [0.5, 0.6) is 5.75 Å². The zero-order valence-electron chi connectivity index (χ0n) is 14.2. The molecule has 3 rings (SSSR count). The van der Waals surface area contributed by atoms with Crippen LogP contribution >= 0.6 is 0 Å². The van der Waals surface area contributed by atoms with Crippen molar-refractivity contribution in [3.8, 4) is 5.75 Å². The van der Waals surface area contributed by atoms with Crippen LogP contribution in [0.1, 0.15) is 57.3 Å². The maximum atomic E-state index is 12.6. The molecule has 2 fully saturated rings. The van der Waals surface area contributed by atoms with Crippen LogP contribution in [-0.4, -0.2) is 18.0 Å². The second-order valence-electron chi connectivity index (χ2n) is 7.59. The Morgan fingerprint density at radius 3 is 2.43 bits per heavy atom. The van der Waals surface area contributed by atoms with E-state index in [0.29, 0.717) is 11.5 Å². The van der Waals surface area contributed by atoms with Gasteiger partial charge in [0.1, 0.15) is 17.4 Å². The van der Waals surface area contributed by atoms with Crippen molar-refractivity contribution in [2.24, 2.45) is 16.7 Å². The van der Waals surface area contributed by atoms with Crippen LogP contribution in [-0.2, 0) is 9.53 Å². The van der Waals surface area contributed by atoms with Crippen LogP contribution in [0.2, 0.25) is 0 Å². The molecule has 124 valence electrons. The van der Waals surface area contributed by atoms with Gasteiger partial charge in [0.25, 0.3) is 0 Å². The topological polar surface area (TPSA) is 52.6 Å². The predicted octanol–water partition coefficient (Wildman–Crippen LogP) is 3.98. The van der Waals surface area contributed by atoms with Gasteiger partial charge >= 0.3 is 11.9 Å². The molecule has 2 aliphatic carbocycles. The van der Waals surface area contributed by atoms with Gasteiger partial charge in [0.2, 0.25) is 0 Å². The molecular formula is C19H24O4. The zero-order chi connectivity index (χ0) is 16.8. The molecule has 0 heterocycles. The molecule has 1 aromatic carbocycles. The maximum Gasteiger partial charge on any atom is 0.342 e. The number of hydrogen-bond acceptors (Lipinski definition) is 4. The molecule has 2 unspecified atom stereocenters. The molecule has 0 amide bonds. The second-order valence-corrected chi connectivity index (χ2v) is 7.59. The van der Waals surface area contributed by atoms with Gasteiger partial charge in [-0.25, -0.2) is 4.79 Å². The summed E-state index contributed by atoms with van der Waals surface area (Å²) < 4.78 is 11.0. The van der Waals surface area contributed by atoms with E-state index in [1.807, 2.05) is 0 Å². The fraction of sp³-hybridized carbons (Fsp3) is 0.579. The van der Waals surface area contributed by atoms with Gasteiger partial charge in [-0.3, -0.25) is 4.79 Å². The quantitative estimate of drug-likeness (QED) is 0.625. The number of para-hydroxylation sites is 1. The highest BCUT2D eigenvalue weighted by Gasteiger charge is 2.62. The van der Waals surface area contributed by atoms with Gasteiger partial charge in [-0.15, -0.1) is 0 Å². The van der Waals surface area contributed by atoms with Gasteiger partial charge in [0.05, 0.1) is 0 Å². The number of carbonyl (C=O) groups is 2. The molecule has 4 heteroatoms. The minimum absolute atomic E-state index is 0.0176. The lowest BCUT2D eigenvalue weighted by Crippen LogP contribution is -2.38. The Kier molecular flexibility index (Phi) is 3.74. The summed E-state index contributed by atoms with van der Waals surface area (Å²) in [4.78, 5) is 23.8. The summed E-state index contributed by atoms with van der Waals surface area (Å²) in [5.74, 6) is 0.0151. The van der Waals surface area contributed by atoms with Crippen molar-refractivity contribution in [2.75, 3.05) is 0 Å². The zero-order valence-corrected chi connectivity index (χ0v) is 14.2. The standard InChI is InChI=1S/C19H24O4/c1-12(20)22-15-8-6-5-7-14(15)17(21)23-16-11-13-9-10-19(16,4)18(13,2)3/h5-8,13,16H,9-11H2,1-4H3/t13?,16-,19?/m1/s1. The molecule has 0 aromatic heterocycles. The first kappa shape index (κ1) is 16.0. The van der Waals surface area contributed by atoms with Gasteiger partial charge in [-0.1, -0.05) is 32.9 Å². The smallest absolute Gasteiger partial charge is 0.342 e. The number of carbonyl (C=O) groups excluding carboxylic acids is 2. The van der Waals surface area contributed by atoms with E-state index in [0.717, 1.165) is 12.8 Å². The minimum atomic E-state index is -0.446. The predicted molar refractivity (Wildman–Crippen MR) is 86.2 cm³/mol. The average molecular weight is 316 g/mol. The van der Waals surface area contributed by atoms with Crippen molar-refractivity contribution >= 4 is 11.9 Å². The van der Waals surface area contributed by atoms with E-state index >= 15 is 0 Å². The van der Waals surface area contributed by atoms with Crippen LogP contribution in [0, 0.1) is 16.7 Å². The van der Waals surface area contributed by atoms with Crippen molar-refractivity contribution in [3.63, 3.8) is 0 Å². The summed E-state index contributed by atoms with van der Waals surface area (Å²) in [6, 6.07) is 6.73. The lowest BCUT2D eigenvalue weighted by atomic mass is 9.70. The molecule has 4 nitrogen and oxygen atoms in total. The Morgan fingerprint density at radius 1 is 1.17 bits per heavy atom. The number of fused-ring (bicyclic) bond motifs is 2. The SMILES string of the molecule is CC(=O)Oc1ccccc1C(=O)O[C@@H]1CC2CCC1(C)C2(C)C. The summed E-state index contributed by atoms with van der Waals surface area (Å²) >= 11 is 0. The van der Waals surface area contributed by atoms with E-state index < -0.39 is 11.9 Å². The molecule has 0 saturated heterocycles. The van der Waals surface area contributed by atoms with E-state index in [2.05, 4.69) is 20.8 Å². The summed E-state index contributed by atoms with van der Waals surface area (Å²) in [5, 5.41) is 0. The number of ether oxygens (including phenoxy) is 2. The molecule has 23 heavy (non-hydrogen) atoms. The van der Waals surface area contributed by atoms with Crippen molar-refractivity contribution in [3.05, 3.63) is 29.8 Å². The molecular weight excluding hydrogens is 292 g/mol. The summed E-state index contributed by atoms with van der Waals surface area (Å²) in [6.07, 6.45) is 3.15. The molecule has 0 N–H and O–H groups in total.